The molecule has 1 aliphatic rings. The van der Waals surface area contributed by atoms with E-state index in [0.29, 0.717) is 38.4 Å². The predicted molar refractivity (Wildman–Crippen MR) is 105 cm³/mol. The molecular formula is C21H24N4O2. The number of hydrogen-bond acceptors (Lipinski definition) is 4. The fourth-order valence-corrected chi connectivity index (χ4v) is 3.55. The van der Waals surface area contributed by atoms with Gasteiger partial charge in [0.05, 0.1) is 35.6 Å². The zero-order chi connectivity index (χ0) is 19.0. The van der Waals surface area contributed by atoms with Crippen molar-refractivity contribution in [3.05, 3.63) is 47.2 Å². The second-order valence-electron chi connectivity index (χ2n) is 6.93. The topological polar surface area (TPSA) is 60.2 Å². The van der Waals surface area contributed by atoms with E-state index in [9.17, 15) is 4.79 Å². The van der Waals surface area contributed by atoms with Crippen LogP contribution >= 0.6 is 0 Å². The van der Waals surface area contributed by atoms with Crippen molar-refractivity contribution in [3.8, 4) is 11.3 Å². The molecule has 27 heavy (non-hydrogen) atoms. The first-order valence-corrected chi connectivity index (χ1v) is 9.40. The number of aromatic nitrogens is 3. The van der Waals surface area contributed by atoms with Crippen molar-refractivity contribution in [1.82, 2.24) is 19.7 Å². The summed E-state index contributed by atoms with van der Waals surface area (Å²) in [5.41, 5.74) is 5.28. The summed E-state index contributed by atoms with van der Waals surface area (Å²) in [6, 6.07) is 10.1. The van der Waals surface area contributed by atoms with Gasteiger partial charge in [-0.2, -0.15) is 5.10 Å². The first-order valence-electron chi connectivity index (χ1n) is 9.40. The van der Waals surface area contributed by atoms with Gasteiger partial charge in [-0.05, 0) is 26.8 Å². The van der Waals surface area contributed by atoms with Gasteiger partial charge in [-0.15, -0.1) is 0 Å². The Morgan fingerprint density at radius 3 is 2.52 bits per heavy atom. The SMILES string of the molecule is CCn1nc(C)c2c(C(=O)N3CCOCC3)cc(-c3ccc(C)cc3)nc21. The van der Waals surface area contributed by atoms with Gasteiger partial charge in [0, 0.05) is 25.2 Å². The number of pyridine rings is 1. The third-order valence-electron chi connectivity index (χ3n) is 5.05. The van der Waals surface area contributed by atoms with Crippen LogP contribution in [0, 0.1) is 13.8 Å². The standard InChI is InChI=1S/C21H24N4O2/c1-4-25-20-19(15(3)23-25)17(21(26)24-9-11-27-12-10-24)13-18(22-20)16-7-5-14(2)6-8-16/h5-8,13H,4,9-12H2,1-3H3. The zero-order valence-corrected chi connectivity index (χ0v) is 16.0. The van der Waals surface area contributed by atoms with Crippen molar-refractivity contribution in [2.24, 2.45) is 0 Å². The number of rotatable bonds is 3. The summed E-state index contributed by atoms with van der Waals surface area (Å²) >= 11 is 0. The second-order valence-corrected chi connectivity index (χ2v) is 6.93. The quantitative estimate of drug-likeness (QED) is 0.716. The molecule has 3 heterocycles. The van der Waals surface area contributed by atoms with Crippen LogP contribution in [0.3, 0.4) is 0 Å². The van der Waals surface area contributed by atoms with Crippen molar-refractivity contribution in [1.29, 1.82) is 0 Å². The molecule has 0 unspecified atom stereocenters. The molecule has 6 nitrogen and oxygen atoms in total. The average Bonchev–Trinajstić information content (AvgIpc) is 3.04. The lowest BCUT2D eigenvalue weighted by molar-refractivity contribution is 0.0304. The van der Waals surface area contributed by atoms with Gasteiger partial charge >= 0.3 is 0 Å². The Labute approximate surface area is 158 Å². The van der Waals surface area contributed by atoms with Gasteiger partial charge < -0.3 is 9.64 Å². The molecule has 0 atom stereocenters. The van der Waals surface area contributed by atoms with Gasteiger partial charge in [0.1, 0.15) is 0 Å². The van der Waals surface area contributed by atoms with Gasteiger partial charge in [-0.1, -0.05) is 29.8 Å². The lowest BCUT2D eigenvalue weighted by atomic mass is 10.0. The molecule has 1 aliphatic heterocycles. The minimum absolute atomic E-state index is 0.0258. The van der Waals surface area contributed by atoms with Gasteiger partial charge in [0.25, 0.3) is 5.91 Å². The molecule has 4 rings (SSSR count). The molecule has 1 amide bonds. The molecular weight excluding hydrogens is 340 g/mol. The van der Waals surface area contributed by atoms with Crippen LogP contribution in [0.25, 0.3) is 22.3 Å². The Bertz CT molecular complexity index is 986. The summed E-state index contributed by atoms with van der Waals surface area (Å²) in [5, 5.41) is 5.46. The number of nitrogens with zero attached hydrogens (tertiary/aromatic N) is 4. The molecule has 140 valence electrons. The molecule has 1 aromatic carbocycles. The van der Waals surface area contributed by atoms with E-state index in [-0.39, 0.29) is 5.91 Å². The highest BCUT2D eigenvalue weighted by molar-refractivity contribution is 6.07. The minimum atomic E-state index is 0.0258. The second kappa shape index (κ2) is 7.12. The van der Waals surface area contributed by atoms with E-state index >= 15 is 0 Å². The van der Waals surface area contributed by atoms with Crippen molar-refractivity contribution in [2.45, 2.75) is 27.3 Å². The summed E-state index contributed by atoms with van der Waals surface area (Å²) in [6.07, 6.45) is 0. The lowest BCUT2D eigenvalue weighted by Crippen LogP contribution is -2.40. The molecule has 3 aromatic rings. The van der Waals surface area contributed by atoms with Crippen LogP contribution in [0.5, 0.6) is 0 Å². The van der Waals surface area contributed by atoms with Crippen LogP contribution in [0.1, 0.15) is 28.5 Å². The number of fused-ring (bicyclic) bond motifs is 1. The Balaban J connectivity index is 1.90. The number of benzene rings is 1. The van der Waals surface area contributed by atoms with Crippen molar-refractivity contribution < 1.29 is 9.53 Å². The van der Waals surface area contributed by atoms with Gasteiger partial charge in [0.2, 0.25) is 0 Å². The lowest BCUT2D eigenvalue weighted by Gasteiger charge is -2.27. The van der Waals surface area contributed by atoms with E-state index in [1.807, 2.05) is 41.6 Å². The highest BCUT2D eigenvalue weighted by Gasteiger charge is 2.24. The summed E-state index contributed by atoms with van der Waals surface area (Å²) < 4.78 is 7.27. The fourth-order valence-electron chi connectivity index (χ4n) is 3.55. The average molecular weight is 364 g/mol. The maximum Gasteiger partial charge on any atom is 0.254 e. The van der Waals surface area contributed by atoms with Gasteiger partial charge in [-0.25, -0.2) is 9.67 Å². The first kappa shape index (κ1) is 17.7. The number of hydrogen-bond donors (Lipinski definition) is 0. The van der Waals surface area contributed by atoms with E-state index in [0.717, 1.165) is 28.0 Å². The van der Waals surface area contributed by atoms with E-state index < -0.39 is 0 Å². The Hall–Kier alpha value is -2.73. The largest absolute Gasteiger partial charge is 0.378 e. The third kappa shape index (κ3) is 3.21. The maximum atomic E-state index is 13.3. The first-order chi connectivity index (χ1) is 13.1. The predicted octanol–water partition coefficient (Wildman–Crippen LogP) is 3.21. The molecule has 1 fully saturated rings. The van der Waals surface area contributed by atoms with Crippen LogP contribution in [0.4, 0.5) is 0 Å². The summed E-state index contributed by atoms with van der Waals surface area (Å²) in [5.74, 6) is 0.0258. The summed E-state index contributed by atoms with van der Waals surface area (Å²) in [7, 11) is 0. The molecule has 6 heteroatoms. The van der Waals surface area contributed by atoms with Crippen molar-refractivity contribution >= 4 is 16.9 Å². The molecule has 0 spiro atoms. The summed E-state index contributed by atoms with van der Waals surface area (Å²) in [6.45, 7) is 9.14. The molecule has 1 saturated heterocycles. The monoisotopic (exact) mass is 364 g/mol. The maximum absolute atomic E-state index is 13.3. The minimum Gasteiger partial charge on any atom is -0.378 e. The number of aryl methyl sites for hydroxylation is 3. The number of amides is 1. The number of carbonyl (C=O) groups excluding carboxylic acids is 1. The van der Waals surface area contributed by atoms with Crippen LogP contribution in [-0.4, -0.2) is 51.9 Å². The van der Waals surface area contributed by atoms with Crippen LogP contribution in [-0.2, 0) is 11.3 Å². The van der Waals surface area contributed by atoms with Gasteiger partial charge in [-0.3, -0.25) is 4.79 Å². The highest BCUT2D eigenvalue weighted by atomic mass is 16.5. The van der Waals surface area contributed by atoms with E-state index in [2.05, 4.69) is 24.2 Å². The highest BCUT2D eigenvalue weighted by Crippen LogP contribution is 2.28. The fraction of sp³-hybridized carbons (Fsp3) is 0.381. The summed E-state index contributed by atoms with van der Waals surface area (Å²) in [4.78, 5) is 20.0. The molecule has 2 aromatic heterocycles. The van der Waals surface area contributed by atoms with Crippen molar-refractivity contribution in [3.63, 3.8) is 0 Å². The molecule has 0 N–H and O–H groups in total. The Kier molecular flexibility index (Phi) is 4.66. The number of ether oxygens (including phenoxy) is 1. The molecule has 0 radical (unpaired) electrons. The third-order valence-corrected chi connectivity index (χ3v) is 5.05. The normalized spacial score (nSPS) is 14.7. The molecule has 0 aliphatic carbocycles. The molecule has 0 bridgehead atoms. The van der Waals surface area contributed by atoms with Crippen LogP contribution in [0.15, 0.2) is 30.3 Å². The van der Waals surface area contributed by atoms with Crippen molar-refractivity contribution in [2.75, 3.05) is 26.3 Å². The smallest absolute Gasteiger partial charge is 0.254 e. The van der Waals surface area contributed by atoms with Gasteiger partial charge in [0.15, 0.2) is 5.65 Å². The van der Waals surface area contributed by atoms with E-state index in [1.165, 1.54) is 5.56 Å². The zero-order valence-electron chi connectivity index (χ0n) is 16.0. The molecule has 0 saturated carbocycles. The number of carbonyl (C=O) groups is 1. The van der Waals surface area contributed by atoms with Crippen LogP contribution in [0.2, 0.25) is 0 Å². The van der Waals surface area contributed by atoms with E-state index in [4.69, 9.17) is 9.72 Å². The van der Waals surface area contributed by atoms with Crippen LogP contribution < -0.4 is 0 Å². The van der Waals surface area contributed by atoms with E-state index in [1.54, 1.807) is 0 Å². The number of morpholine rings is 1. The Morgan fingerprint density at radius 2 is 1.85 bits per heavy atom. The Morgan fingerprint density at radius 1 is 1.15 bits per heavy atom.